The van der Waals surface area contributed by atoms with Gasteiger partial charge < -0.3 is 28.4 Å². The molecule has 0 saturated carbocycles. The van der Waals surface area contributed by atoms with Gasteiger partial charge in [-0.05, 0) is 25.5 Å². The predicted molar refractivity (Wildman–Crippen MR) is 122 cm³/mol. The van der Waals surface area contributed by atoms with Crippen LogP contribution in [0.2, 0.25) is 0 Å². The first kappa shape index (κ1) is 27.8. The molecular formula is C25H32O10. The van der Waals surface area contributed by atoms with Gasteiger partial charge in [0.15, 0.2) is 6.10 Å². The number of esters is 4. The first-order valence-corrected chi connectivity index (χ1v) is 11.3. The number of benzene rings is 1. The molecule has 1 aromatic carbocycles. The lowest BCUT2D eigenvalue weighted by Crippen LogP contribution is -2.58. The Labute approximate surface area is 204 Å². The van der Waals surface area contributed by atoms with Crippen molar-refractivity contribution in [2.75, 3.05) is 13.2 Å². The van der Waals surface area contributed by atoms with Gasteiger partial charge in [0.25, 0.3) is 0 Å². The molecule has 192 valence electrons. The van der Waals surface area contributed by atoms with Crippen LogP contribution in [0.1, 0.15) is 45.7 Å². The molecule has 1 aliphatic heterocycles. The van der Waals surface area contributed by atoms with E-state index in [-0.39, 0.29) is 19.0 Å². The number of carbonyl (C=O) groups is 4. The molecule has 0 unspecified atom stereocenters. The zero-order valence-electron chi connectivity index (χ0n) is 20.8. The molecule has 0 aliphatic carbocycles. The van der Waals surface area contributed by atoms with Crippen LogP contribution in [-0.2, 0) is 47.6 Å². The maximum absolute atomic E-state index is 12.7. The van der Waals surface area contributed by atoms with Gasteiger partial charge in [-0.25, -0.2) is 4.79 Å². The van der Waals surface area contributed by atoms with Crippen LogP contribution in [-0.4, -0.2) is 61.7 Å². The number of carbonyl (C=O) groups excluding carboxylic acids is 4. The van der Waals surface area contributed by atoms with E-state index in [1.165, 1.54) is 26.8 Å². The van der Waals surface area contributed by atoms with E-state index in [1.54, 1.807) is 19.9 Å². The highest BCUT2D eigenvalue weighted by Crippen LogP contribution is 2.33. The van der Waals surface area contributed by atoms with Gasteiger partial charge in [-0.15, -0.1) is 0 Å². The van der Waals surface area contributed by atoms with Crippen LogP contribution in [0.5, 0.6) is 0 Å². The van der Waals surface area contributed by atoms with Crippen LogP contribution in [0.4, 0.5) is 0 Å². The molecule has 35 heavy (non-hydrogen) atoms. The second-order valence-corrected chi connectivity index (χ2v) is 8.11. The fourth-order valence-electron chi connectivity index (χ4n) is 3.59. The van der Waals surface area contributed by atoms with Crippen LogP contribution in [0, 0.1) is 12.8 Å². The molecule has 10 nitrogen and oxygen atoms in total. The Morgan fingerprint density at radius 1 is 0.943 bits per heavy atom. The average molecular weight is 493 g/mol. The number of ether oxygens (including phenoxy) is 6. The van der Waals surface area contributed by atoms with Crippen molar-refractivity contribution in [3.05, 3.63) is 41.2 Å². The van der Waals surface area contributed by atoms with Crippen LogP contribution < -0.4 is 0 Å². The van der Waals surface area contributed by atoms with Gasteiger partial charge in [-0.2, -0.15) is 0 Å². The van der Waals surface area contributed by atoms with Crippen LogP contribution in [0.15, 0.2) is 30.0 Å². The third-order valence-corrected chi connectivity index (χ3v) is 5.06. The van der Waals surface area contributed by atoms with Crippen molar-refractivity contribution in [3.63, 3.8) is 0 Å². The molecule has 5 atom stereocenters. The van der Waals surface area contributed by atoms with Gasteiger partial charge in [0.2, 0.25) is 12.0 Å². The van der Waals surface area contributed by atoms with E-state index in [1.807, 2.05) is 25.1 Å². The molecule has 1 saturated heterocycles. The Bertz CT molecular complexity index is 953. The molecule has 1 heterocycles. The minimum atomic E-state index is -1.13. The van der Waals surface area contributed by atoms with E-state index in [4.69, 9.17) is 28.4 Å². The Morgan fingerprint density at radius 3 is 2.17 bits per heavy atom. The predicted octanol–water partition coefficient (Wildman–Crippen LogP) is 2.70. The molecule has 2 rings (SSSR count). The maximum Gasteiger partial charge on any atom is 0.373 e. The average Bonchev–Trinajstić information content (AvgIpc) is 2.76. The second kappa shape index (κ2) is 12.9. The first-order valence-electron chi connectivity index (χ1n) is 11.3. The van der Waals surface area contributed by atoms with E-state index in [0.717, 1.165) is 5.56 Å². The third-order valence-electron chi connectivity index (χ3n) is 5.06. The standard InChI is InChI=1S/C25H32O10/c1-7-30-24(29)20(12-19-10-8-9-14(2)11-19)34-25-15(3)22(32-17(5)27)23(33-18(6)28)21(35-25)13-31-16(4)26/h8-12,15,21-23,25H,7,13H2,1-6H3/b20-12-/t15-,21-,22-,23+,25-/m0/s1. The fourth-order valence-corrected chi connectivity index (χ4v) is 3.59. The second-order valence-electron chi connectivity index (χ2n) is 8.11. The van der Waals surface area contributed by atoms with Crippen molar-refractivity contribution in [3.8, 4) is 0 Å². The summed E-state index contributed by atoms with van der Waals surface area (Å²) in [6, 6.07) is 7.39. The lowest BCUT2D eigenvalue weighted by molar-refractivity contribution is -0.279. The van der Waals surface area contributed by atoms with Crippen molar-refractivity contribution in [2.45, 2.75) is 66.1 Å². The molecule has 0 radical (unpaired) electrons. The highest BCUT2D eigenvalue weighted by Gasteiger charge is 2.49. The minimum absolute atomic E-state index is 0.119. The molecule has 0 N–H and O–H groups in total. The normalized spacial score (nSPS) is 24.2. The Balaban J connectivity index is 2.43. The SMILES string of the molecule is CCOC(=O)/C(=C/c1cccc(C)c1)O[C@H]1O[C@@H](COC(C)=O)[C@@H](OC(C)=O)[C@@H](OC(C)=O)[C@@H]1C. The monoisotopic (exact) mass is 492 g/mol. The largest absolute Gasteiger partial charge is 0.463 e. The Hall–Kier alpha value is -3.40. The van der Waals surface area contributed by atoms with Crippen molar-refractivity contribution in [2.24, 2.45) is 5.92 Å². The molecule has 0 spiro atoms. The summed E-state index contributed by atoms with van der Waals surface area (Å²) in [4.78, 5) is 47.7. The maximum atomic E-state index is 12.7. The number of rotatable bonds is 9. The minimum Gasteiger partial charge on any atom is -0.463 e. The summed E-state index contributed by atoms with van der Waals surface area (Å²) in [5, 5.41) is 0. The third kappa shape index (κ3) is 8.40. The van der Waals surface area contributed by atoms with Gasteiger partial charge in [-0.1, -0.05) is 36.8 Å². The summed E-state index contributed by atoms with van der Waals surface area (Å²) >= 11 is 0. The number of hydrogen-bond acceptors (Lipinski definition) is 10. The smallest absolute Gasteiger partial charge is 0.373 e. The fraction of sp³-hybridized carbons (Fsp3) is 0.520. The van der Waals surface area contributed by atoms with Gasteiger partial charge in [0, 0.05) is 20.8 Å². The van der Waals surface area contributed by atoms with E-state index < -0.39 is 54.4 Å². The summed E-state index contributed by atoms with van der Waals surface area (Å²) in [5.74, 6) is -3.37. The quantitative estimate of drug-likeness (QED) is 0.220. The molecular weight excluding hydrogens is 460 g/mol. The number of hydrogen-bond donors (Lipinski definition) is 0. The van der Waals surface area contributed by atoms with Crippen molar-refractivity contribution in [1.29, 1.82) is 0 Å². The molecule has 0 bridgehead atoms. The van der Waals surface area contributed by atoms with Crippen LogP contribution in [0.25, 0.3) is 6.08 Å². The highest BCUT2D eigenvalue weighted by atomic mass is 16.7. The van der Waals surface area contributed by atoms with Gasteiger partial charge >= 0.3 is 23.9 Å². The highest BCUT2D eigenvalue weighted by molar-refractivity contribution is 5.91. The summed E-state index contributed by atoms with van der Waals surface area (Å²) < 4.78 is 33.0. The summed E-state index contributed by atoms with van der Waals surface area (Å²) in [5.41, 5.74) is 1.67. The summed E-state index contributed by atoms with van der Waals surface area (Å²) in [6.45, 7) is 8.68. The van der Waals surface area contributed by atoms with E-state index in [2.05, 4.69) is 0 Å². The van der Waals surface area contributed by atoms with Crippen LogP contribution >= 0.6 is 0 Å². The van der Waals surface area contributed by atoms with Gasteiger partial charge in [-0.3, -0.25) is 14.4 Å². The van der Waals surface area contributed by atoms with E-state index in [0.29, 0.717) is 5.56 Å². The molecule has 0 amide bonds. The van der Waals surface area contributed by atoms with E-state index >= 15 is 0 Å². The zero-order valence-corrected chi connectivity index (χ0v) is 20.8. The lowest BCUT2D eigenvalue weighted by atomic mass is 9.91. The van der Waals surface area contributed by atoms with Gasteiger partial charge in [0.1, 0.15) is 18.8 Å². The van der Waals surface area contributed by atoms with Crippen molar-refractivity contribution in [1.82, 2.24) is 0 Å². The molecule has 1 fully saturated rings. The summed E-state index contributed by atoms with van der Waals surface area (Å²) in [6.07, 6.45) is -2.72. The first-order chi connectivity index (χ1) is 16.5. The van der Waals surface area contributed by atoms with Gasteiger partial charge in [0.05, 0.1) is 12.5 Å². The van der Waals surface area contributed by atoms with Crippen molar-refractivity contribution < 1.29 is 47.6 Å². The number of aryl methyl sites for hydroxylation is 1. The summed E-state index contributed by atoms with van der Waals surface area (Å²) in [7, 11) is 0. The van der Waals surface area contributed by atoms with Crippen molar-refractivity contribution >= 4 is 30.0 Å². The van der Waals surface area contributed by atoms with Crippen LogP contribution in [0.3, 0.4) is 0 Å². The molecule has 10 heteroatoms. The Morgan fingerprint density at radius 2 is 1.60 bits per heavy atom. The topological polar surface area (TPSA) is 124 Å². The molecule has 1 aliphatic rings. The zero-order chi connectivity index (χ0) is 26.1. The molecule has 1 aromatic rings. The Kier molecular flexibility index (Phi) is 10.3. The molecule has 0 aromatic heterocycles. The lowest BCUT2D eigenvalue weighted by Gasteiger charge is -2.43. The van der Waals surface area contributed by atoms with E-state index in [9.17, 15) is 19.2 Å².